The highest BCUT2D eigenvalue weighted by Gasteiger charge is 2.14. The fourth-order valence-electron chi connectivity index (χ4n) is 1.85. The average Bonchev–Trinajstić information content (AvgIpc) is 2.92. The first-order chi connectivity index (χ1) is 10.5. The molecular formula is C15H18N2O4S. The van der Waals surface area contributed by atoms with Gasteiger partial charge in [-0.25, -0.2) is 13.1 Å². The van der Waals surface area contributed by atoms with Crippen molar-refractivity contribution in [2.45, 2.75) is 13.5 Å². The molecule has 1 aromatic heterocycles. The van der Waals surface area contributed by atoms with Crippen LogP contribution in [0.4, 0.5) is 0 Å². The van der Waals surface area contributed by atoms with Crippen LogP contribution in [0.5, 0.6) is 0 Å². The van der Waals surface area contributed by atoms with Crippen LogP contribution in [0.3, 0.4) is 0 Å². The maximum atomic E-state index is 11.9. The molecule has 0 fully saturated rings. The molecule has 0 aliphatic rings. The first kappa shape index (κ1) is 16.3. The SMILES string of the molecule is Cc1ccoc1C(=O)NCCS(=O)(=O)NCc1ccccc1. The van der Waals surface area contributed by atoms with Crippen molar-refractivity contribution in [3.8, 4) is 0 Å². The van der Waals surface area contributed by atoms with Crippen LogP contribution in [0, 0.1) is 6.92 Å². The number of benzene rings is 1. The lowest BCUT2D eigenvalue weighted by Crippen LogP contribution is -2.34. The molecule has 0 bridgehead atoms. The lowest BCUT2D eigenvalue weighted by Gasteiger charge is -2.07. The van der Waals surface area contributed by atoms with Gasteiger partial charge in [-0.2, -0.15) is 0 Å². The molecule has 2 aromatic rings. The molecule has 0 unspecified atom stereocenters. The van der Waals surface area contributed by atoms with Gasteiger partial charge >= 0.3 is 0 Å². The highest BCUT2D eigenvalue weighted by molar-refractivity contribution is 7.89. The Morgan fingerprint density at radius 2 is 1.91 bits per heavy atom. The number of hydrogen-bond donors (Lipinski definition) is 2. The van der Waals surface area contributed by atoms with Crippen molar-refractivity contribution in [2.24, 2.45) is 0 Å². The third kappa shape index (κ3) is 4.71. The zero-order valence-electron chi connectivity index (χ0n) is 12.2. The van der Waals surface area contributed by atoms with E-state index in [2.05, 4.69) is 10.0 Å². The minimum atomic E-state index is -3.45. The summed E-state index contributed by atoms with van der Waals surface area (Å²) in [5.74, 6) is -0.402. The lowest BCUT2D eigenvalue weighted by atomic mass is 10.2. The Balaban J connectivity index is 1.78. The fourth-order valence-corrected chi connectivity index (χ4v) is 2.75. The Kier molecular flexibility index (Phi) is 5.35. The predicted molar refractivity (Wildman–Crippen MR) is 82.8 cm³/mol. The van der Waals surface area contributed by atoms with Gasteiger partial charge in [0, 0.05) is 18.7 Å². The highest BCUT2D eigenvalue weighted by Crippen LogP contribution is 2.07. The summed E-state index contributed by atoms with van der Waals surface area (Å²) < 4.78 is 31.2. The quantitative estimate of drug-likeness (QED) is 0.807. The smallest absolute Gasteiger partial charge is 0.287 e. The third-order valence-electron chi connectivity index (χ3n) is 3.06. The molecule has 2 rings (SSSR count). The maximum Gasteiger partial charge on any atom is 0.287 e. The number of sulfonamides is 1. The zero-order chi connectivity index (χ0) is 16.0. The molecule has 22 heavy (non-hydrogen) atoms. The van der Waals surface area contributed by atoms with E-state index in [9.17, 15) is 13.2 Å². The van der Waals surface area contributed by atoms with E-state index in [1.54, 1.807) is 13.0 Å². The van der Waals surface area contributed by atoms with Gasteiger partial charge in [-0.1, -0.05) is 30.3 Å². The normalized spacial score (nSPS) is 11.3. The molecule has 1 amide bonds. The Hall–Kier alpha value is -2.12. The van der Waals surface area contributed by atoms with Crippen molar-refractivity contribution in [2.75, 3.05) is 12.3 Å². The van der Waals surface area contributed by atoms with Gasteiger partial charge in [0.05, 0.1) is 12.0 Å². The summed E-state index contributed by atoms with van der Waals surface area (Å²) in [6, 6.07) is 10.9. The molecule has 0 aliphatic carbocycles. The van der Waals surface area contributed by atoms with Gasteiger partial charge in [0.1, 0.15) is 0 Å². The summed E-state index contributed by atoms with van der Waals surface area (Å²) in [5, 5.41) is 2.53. The number of furan rings is 1. The molecule has 118 valence electrons. The molecule has 1 heterocycles. The average molecular weight is 322 g/mol. The van der Waals surface area contributed by atoms with E-state index in [0.717, 1.165) is 5.56 Å². The number of amides is 1. The number of hydrogen-bond acceptors (Lipinski definition) is 4. The molecule has 0 atom stereocenters. The van der Waals surface area contributed by atoms with E-state index in [-0.39, 0.29) is 24.6 Å². The Labute approximate surface area is 129 Å². The third-order valence-corrected chi connectivity index (χ3v) is 4.39. The Bertz CT molecular complexity index is 723. The van der Waals surface area contributed by atoms with Crippen molar-refractivity contribution >= 4 is 15.9 Å². The molecule has 0 spiro atoms. The Morgan fingerprint density at radius 1 is 1.18 bits per heavy atom. The van der Waals surface area contributed by atoms with Crippen LogP contribution >= 0.6 is 0 Å². The second-order valence-corrected chi connectivity index (χ2v) is 6.74. The van der Waals surface area contributed by atoms with E-state index in [0.29, 0.717) is 5.56 Å². The second kappa shape index (κ2) is 7.24. The number of nitrogens with one attached hydrogen (secondary N) is 2. The van der Waals surface area contributed by atoms with Crippen molar-refractivity contribution in [3.05, 3.63) is 59.5 Å². The van der Waals surface area contributed by atoms with Gasteiger partial charge in [0.25, 0.3) is 5.91 Å². The lowest BCUT2D eigenvalue weighted by molar-refractivity contribution is 0.0927. The summed E-state index contributed by atoms with van der Waals surface area (Å²) >= 11 is 0. The topological polar surface area (TPSA) is 88.4 Å². The first-order valence-corrected chi connectivity index (χ1v) is 8.47. The molecule has 0 saturated carbocycles. The molecule has 7 heteroatoms. The molecule has 0 aliphatic heterocycles. The van der Waals surface area contributed by atoms with Crippen LogP contribution in [0.1, 0.15) is 21.7 Å². The largest absolute Gasteiger partial charge is 0.459 e. The minimum absolute atomic E-state index is 0.0170. The van der Waals surface area contributed by atoms with Gasteiger partial charge < -0.3 is 9.73 Å². The summed E-state index contributed by atoms with van der Waals surface area (Å²) in [5.41, 5.74) is 1.59. The van der Waals surface area contributed by atoms with Crippen LogP contribution in [-0.4, -0.2) is 26.6 Å². The van der Waals surface area contributed by atoms with Gasteiger partial charge in [0.15, 0.2) is 5.76 Å². The van der Waals surface area contributed by atoms with Gasteiger partial charge in [-0.05, 0) is 18.6 Å². The van der Waals surface area contributed by atoms with E-state index >= 15 is 0 Å². The van der Waals surface area contributed by atoms with E-state index in [1.165, 1.54) is 6.26 Å². The summed E-state index contributed by atoms with van der Waals surface area (Å²) in [7, 11) is -3.45. The predicted octanol–water partition coefficient (Wildman–Crippen LogP) is 1.44. The number of rotatable bonds is 7. The number of carbonyl (C=O) groups is 1. The number of aryl methyl sites for hydroxylation is 1. The summed E-state index contributed by atoms with van der Waals surface area (Å²) in [6.45, 7) is 1.99. The van der Waals surface area contributed by atoms with E-state index in [4.69, 9.17) is 4.42 Å². The van der Waals surface area contributed by atoms with Gasteiger partial charge in [-0.3, -0.25) is 4.79 Å². The molecule has 1 aromatic carbocycles. The van der Waals surface area contributed by atoms with Crippen LogP contribution in [0.2, 0.25) is 0 Å². The summed E-state index contributed by atoms with van der Waals surface area (Å²) in [4.78, 5) is 11.8. The van der Waals surface area contributed by atoms with Crippen LogP contribution in [0.25, 0.3) is 0 Å². The zero-order valence-corrected chi connectivity index (χ0v) is 13.0. The second-order valence-electron chi connectivity index (χ2n) is 4.81. The minimum Gasteiger partial charge on any atom is -0.459 e. The van der Waals surface area contributed by atoms with Crippen LogP contribution in [0.15, 0.2) is 47.1 Å². The van der Waals surface area contributed by atoms with E-state index < -0.39 is 15.9 Å². The Morgan fingerprint density at radius 3 is 2.55 bits per heavy atom. The van der Waals surface area contributed by atoms with Crippen molar-refractivity contribution in [1.82, 2.24) is 10.0 Å². The standard InChI is InChI=1S/C15H18N2O4S/c1-12-7-9-21-14(12)15(18)16-8-10-22(19,20)17-11-13-5-3-2-4-6-13/h2-7,9,17H,8,10-11H2,1H3,(H,16,18). The van der Waals surface area contributed by atoms with E-state index in [1.807, 2.05) is 30.3 Å². The van der Waals surface area contributed by atoms with Crippen molar-refractivity contribution in [3.63, 3.8) is 0 Å². The van der Waals surface area contributed by atoms with Crippen molar-refractivity contribution < 1.29 is 17.6 Å². The van der Waals surface area contributed by atoms with Gasteiger partial charge in [-0.15, -0.1) is 0 Å². The fraction of sp³-hybridized carbons (Fsp3) is 0.267. The maximum absolute atomic E-state index is 11.9. The summed E-state index contributed by atoms with van der Waals surface area (Å²) in [6.07, 6.45) is 1.42. The molecule has 0 radical (unpaired) electrons. The highest BCUT2D eigenvalue weighted by atomic mass is 32.2. The molecule has 0 saturated heterocycles. The first-order valence-electron chi connectivity index (χ1n) is 6.81. The van der Waals surface area contributed by atoms with Crippen LogP contribution in [-0.2, 0) is 16.6 Å². The molecular weight excluding hydrogens is 304 g/mol. The number of carbonyl (C=O) groups excluding carboxylic acids is 1. The van der Waals surface area contributed by atoms with Gasteiger partial charge in [0.2, 0.25) is 10.0 Å². The molecule has 2 N–H and O–H groups in total. The monoisotopic (exact) mass is 322 g/mol. The van der Waals surface area contributed by atoms with Crippen LogP contribution < -0.4 is 10.0 Å². The van der Waals surface area contributed by atoms with Crippen molar-refractivity contribution in [1.29, 1.82) is 0 Å². The molecule has 6 nitrogen and oxygen atoms in total.